The van der Waals surface area contributed by atoms with E-state index in [2.05, 4.69) is 44.5 Å². The molecule has 4 aromatic rings. The Labute approximate surface area is 191 Å². The van der Waals surface area contributed by atoms with Crippen LogP contribution >= 0.6 is 0 Å². The summed E-state index contributed by atoms with van der Waals surface area (Å²) in [6.07, 6.45) is 6.08. The molecule has 0 unspecified atom stereocenters. The average Bonchev–Trinajstić information content (AvgIpc) is 2.85. The molecule has 1 fully saturated rings. The quantitative estimate of drug-likeness (QED) is 0.328. The van der Waals surface area contributed by atoms with Crippen LogP contribution in [-0.2, 0) is 6.42 Å². The van der Waals surface area contributed by atoms with Crippen LogP contribution in [0.3, 0.4) is 0 Å². The molecular weight excluding hydrogens is 416 g/mol. The minimum Gasteiger partial charge on any atom is -0.351 e. The molecule has 1 N–H and O–H groups in total. The van der Waals surface area contributed by atoms with Gasteiger partial charge in [-0.2, -0.15) is 0 Å². The normalized spacial score (nSPS) is 14.4. The molecule has 1 aliphatic rings. The number of nitrogens with one attached hydrogen (secondary N) is 1. The van der Waals surface area contributed by atoms with E-state index in [1.54, 1.807) is 6.20 Å². The van der Waals surface area contributed by atoms with E-state index in [4.69, 9.17) is 0 Å². The lowest BCUT2D eigenvalue weighted by atomic mass is 9.90. The van der Waals surface area contributed by atoms with Gasteiger partial charge in [0.2, 0.25) is 11.6 Å². The summed E-state index contributed by atoms with van der Waals surface area (Å²) in [5.74, 6) is 1.12. The second-order valence-electron chi connectivity index (χ2n) is 8.27. The summed E-state index contributed by atoms with van der Waals surface area (Å²) < 4.78 is 0. The molecule has 166 valence electrons. The number of pyridine rings is 1. The van der Waals surface area contributed by atoms with Gasteiger partial charge in [0.15, 0.2) is 0 Å². The summed E-state index contributed by atoms with van der Waals surface area (Å²) in [6, 6.07) is 19.9. The van der Waals surface area contributed by atoms with Crippen molar-refractivity contribution in [3.63, 3.8) is 0 Å². The largest absolute Gasteiger partial charge is 0.353 e. The maximum absolute atomic E-state index is 12.1. The van der Waals surface area contributed by atoms with E-state index in [-0.39, 0.29) is 11.5 Å². The van der Waals surface area contributed by atoms with Gasteiger partial charge in [0.1, 0.15) is 6.33 Å². The number of nitro groups is 1. The SMILES string of the molecule is O=[N+]([O-])c1c(Nc2cccc3ncccc23)ncnc1N1CCC(Cc2ccccc2)CC1. The van der Waals surface area contributed by atoms with Gasteiger partial charge >= 0.3 is 5.69 Å². The topological polar surface area (TPSA) is 97.1 Å². The smallest absolute Gasteiger partial charge is 0.351 e. The molecule has 0 aliphatic carbocycles. The van der Waals surface area contributed by atoms with Crippen LogP contribution in [-0.4, -0.2) is 33.0 Å². The Morgan fingerprint density at radius 3 is 2.58 bits per heavy atom. The van der Waals surface area contributed by atoms with Gasteiger partial charge in [-0.15, -0.1) is 0 Å². The van der Waals surface area contributed by atoms with E-state index in [0.717, 1.165) is 48.9 Å². The first-order valence-electron chi connectivity index (χ1n) is 11.1. The number of piperidine rings is 1. The summed E-state index contributed by atoms with van der Waals surface area (Å²) in [5, 5.41) is 16.1. The van der Waals surface area contributed by atoms with Crippen LogP contribution < -0.4 is 10.2 Å². The number of anilines is 3. The van der Waals surface area contributed by atoms with Gasteiger partial charge in [-0.3, -0.25) is 15.1 Å². The maximum Gasteiger partial charge on any atom is 0.353 e. The number of hydrogen-bond acceptors (Lipinski definition) is 7. The molecule has 8 heteroatoms. The molecule has 5 rings (SSSR count). The van der Waals surface area contributed by atoms with Crippen molar-refractivity contribution in [2.24, 2.45) is 5.92 Å². The van der Waals surface area contributed by atoms with Crippen LogP contribution in [0.5, 0.6) is 0 Å². The summed E-state index contributed by atoms with van der Waals surface area (Å²) in [7, 11) is 0. The van der Waals surface area contributed by atoms with Crippen molar-refractivity contribution in [2.75, 3.05) is 23.3 Å². The van der Waals surface area contributed by atoms with Crippen molar-refractivity contribution in [2.45, 2.75) is 19.3 Å². The summed E-state index contributed by atoms with van der Waals surface area (Å²) in [5.41, 5.74) is 2.76. The number of nitrogens with zero attached hydrogens (tertiary/aromatic N) is 5. The molecule has 0 spiro atoms. The minimum absolute atomic E-state index is 0.0973. The van der Waals surface area contributed by atoms with Gasteiger partial charge in [-0.05, 0) is 55.0 Å². The predicted octanol–water partition coefficient (Wildman–Crippen LogP) is 5.14. The molecule has 8 nitrogen and oxygen atoms in total. The van der Waals surface area contributed by atoms with Crippen LogP contribution in [0.25, 0.3) is 10.9 Å². The van der Waals surface area contributed by atoms with Crippen LogP contribution in [0.4, 0.5) is 23.0 Å². The lowest BCUT2D eigenvalue weighted by molar-refractivity contribution is -0.383. The zero-order chi connectivity index (χ0) is 22.6. The molecule has 3 heterocycles. The molecule has 1 saturated heterocycles. The Morgan fingerprint density at radius 1 is 0.970 bits per heavy atom. The van der Waals surface area contributed by atoms with E-state index in [9.17, 15) is 10.1 Å². The molecule has 1 aliphatic heterocycles. The van der Waals surface area contributed by atoms with Crippen molar-refractivity contribution in [3.05, 3.63) is 88.9 Å². The molecule has 0 bridgehead atoms. The average molecular weight is 441 g/mol. The van der Waals surface area contributed by atoms with Crippen molar-refractivity contribution < 1.29 is 4.92 Å². The van der Waals surface area contributed by atoms with E-state index >= 15 is 0 Å². The lowest BCUT2D eigenvalue weighted by Gasteiger charge is -2.32. The zero-order valence-electron chi connectivity index (χ0n) is 18.1. The summed E-state index contributed by atoms with van der Waals surface area (Å²) in [6.45, 7) is 1.46. The molecule has 2 aromatic carbocycles. The van der Waals surface area contributed by atoms with Crippen LogP contribution in [0.2, 0.25) is 0 Å². The Morgan fingerprint density at radius 2 is 1.79 bits per heavy atom. The van der Waals surface area contributed by atoms with Gasteiger partial charge < -0.3 is 10.2 Å². The van der Waals surface area contributed by atoms with E-state index in [1.807, 2.05) is 41.3 Å². The first kappa shape index (κ1) is 20.8. The molecule has 0 amide bonds. The Balaban J connectivity index is 1.38. The summed E-state index contributed by atoms with van der Waals surface area (Å²) >= 11 is 0. The third kappa shape index (κ3) is 4.45. The molecule has 0 radical (unpaired) electrons. The highest BCUT2D eigenvalue weighted by Gasteiger charge is 2.30. The zero-order valence-corrected chi connectivity index (χ0v) is 18.1. The van der Waals surface area contributed by atoms with Gasteiger partial charge in [0.25, 0.3) is 0 Å². The van der Waals surface area contributed by atoms with Gasteiger partial charge in [0, 0.05) is 30.4 Å². The second kappa shape index (κ2) is 9.20. The fourth-order valence-corrected chi connectivity index (χ4v) is 4.50. The third-order valence-corrected chi connectivity index (χ3v) is 6.17. The van der Waals surface area contributed by atoms with Gasteiger partial charge in [-0.25, -0.2) is 9.97 Å². The Kier molecular flexibility index (Phi) is 5.80. The highest BCUT2D eigenvalue weighted by atomic mass is 16.6. The molecule has 0 atom stereocenters. The van der Waals surface area contributed by atoms with Crippen LogP contribution in [0.15, 0.2) is 73.2 Å². The summed E-state index contributed by atoms with van der Waals surface area (Å²) in [4.78, 5) is 26.6. The number of fused-ring (bicyclic) bond motifs is 1. The van der Waals surface area contributed by atoms with Crippen molar-refractivity contribution in [1.82, 2.24) is 15.0 Å². The monoisotopic (exact) mass is 440 g/mol. The van der Waals surface area contributed by atoms with Crippen molar-refractivity contribution in [3.8, 4) is 0 Å². The second-order valence-corrected chi connectivity index (χ2v) is 8.27. The molecule has 33 heavy (non-hydrogen) atoms. The van der Waals surface area contributed by atoms with Crippen LogP contribution in [0.1, 0.15) is 18.4 Å². The van der Waals surface area contributed by atoms with E-state index in [0.29, 0.717) is 11.7 Å². The third-order valence-electron chi connectivity index (χ3n) is 6.17. The van der Waals surface area contributed by atoms with E-state index < -0.39 is 4.92 Å². The fourth-order valence-electron chi connectivity index (χ4n) is 4.50. The van der Waals surface area contributed by atoms with Crippen molar-refractivity contribution in [1.29, 1.82) is 0 Å². The van der Waals surface area contributed by atoms with Crippen LogP contribution in [0, 0.1) is 16.0 Å². The van der Waals surface area contributed by atoms with E-state index in [1.165, 1.54) is 11.9 Å². The first-order valence-corrected chi connectivity index (χ1v) is 11.1. The first-order chi connectivity index (χ1) is 16.2. The molecular formula is C25H24N6O2. The number of rotatable bonds is 6. The standard InChI is InChI=1S/C25H24N6O2/c32-31(33)23-24(29-22-10-4-9-21-20(22)8-5-13-26-21)27-17-28-25(23)30-14-11-19(12-15-30)16-18-6-2-1-3-7-18/h1-10,13,17,19H,11-12,14-16H2,(H,27,28,29). The highest BCUT2D eigenvalue weighted by Crippen LogP contribution is 2.36. The highest BCUT2D eigenvalue weighted by molar-refractivity contribution is 5.93. The Hall–Kier alpha value is -4.07. The number of aromatic nitrogens is 3. The van der Waals surface area contributed by atoms with Crippen molar-refractivity contribution >= 4 is 33.9 Å². The molecule has 0 saturated carbocycles. The van der Waals surface area contributed by atoms with Gasteiger partial charge in [0.05, 0.1) is 10.4 Å². The Bertz CT molecular complexity index is 1270. The number of hydrogen-bond donors (Lipinski definition) is 1. The fraction of sp³-hybridized carbons (Fsp3) is 0.240. The predicted molar refractivity (Wildman–Crippen MR) is 129 cm³/mol. The lowest BCUT2D eigenvalue weighted by Crippen LogP contribution is -2.35. The van der Waals surface area contributed by atoms with Gasteiger partial charge in [-0.1, -0.05) is 36.4 Å². The molecule has 2 aromatic heterocycles. The maximum atomic E-state index is 12.1. The minimum atomic E-state index is -0.392. The number of benzene rings is 2.